The van der Waals surface area contributed by atoms with E-state index >= 15 is 0 Å². The maximum Gasteiger partial charge on any atom is 0.225 e. The molecule has 4 rings (SSSR count). The van der Waals surface area contributed by atoms with Crippen molar-refractivity contribution in [1.29, 1.82) is 0 Å². The molecule has 1 N–H and O–H groups in total. The Bertz CT molecular complexity index is 1070. The number of nitrogens with zero attached hydrogens (tertiary/aromatic N) is 4. The molecular formula is C23H29N5O3S. The molecule has 9 heteroatoms. The number of ether oxygens (including phenoxy) is 2. The lowest BCUT2D eigenvalue weighted by Crippen LogP contribution is -2.43. The van der Waals surface area contributed by atoms with Crippen LogP contribution < -0.4 is 19.7 Å². The molecule has 1 atom stereocenters. The summed E-state index contributed by atoms with van der Waals surface area (Å²) in [4.78, 5) is 15.1. The van der Waals surface area contributed by atoms with Gasteiger partial charge in [-0.25, -0.2) is 0 Å². The molecule has 1 amide bonds. The first-order valence-electron chi connectivity index (χ1n) is 10.7. The summed E-state index contributed by atoms with van der Waals surface area (Å²) in [5.74, 6) is 1.31. The molecule has 170 valence electrons. The van der Waals surface area contributed by atoms with Crippen LogP contribution in [0.25, 0.3) is 5.13 Å². The Morgan fingerprint density at radius 3 is 2.53 bits per heavy atom. The average molecular weight is 456 g/mol. The molecule has 1 aliphatic rings. The van der Waals surface area contributed by atoms with Gasteiger partial charge in [-0.2, -0.15) is 0 Å². The molecule has 1 saturated heterocycles. The van der Waals surface area contributed by atoms with Crippen molar-refractivity contribution in [2.24, 2.45) is 5.92 Å². The van der Waals surface area contributed by atoms with E-state index < -0.39 is 0 Å². The number of carbonyl (C=O) groups is 1. The van der Waals surface area contributed by atoms with Gasteiger partial charge in [-0.1, -0.05) is 17.4 Å². The van der Waals surface area contributed by atoms with E-state index in [-0.39, 0.29) is 11.8 Å². The number of rotatable bonds is 7. The van der Waals surface area contributed by atoms with Crippen LogP contribution >= 0.6 is 11.3 Å². The van der Waals surface area contributed by atoms with Gasteiger partial charge in [-0.05, 0) is 56.5 Å². The van der Waals surface area contributed by atoms with E-state index in [1.54, 1.807) is 25.6 Å². The van der Waals surface area contributed by atoms with Gasteiger partial charge in [0.2, 0.25) is 16.2 Å². The quantitative estimate of drug-likeness (QED) is 0.587. The van der Waals surface area contributed by atoms with Crippen molar-refractivity contribution in [3.05, 3.63) is 47.3 Å². The number of aryl methyl sites for hydroxylation is 2. The van der Waals surface area contributed by atoms with Gasteiger partial charge >= 0.3 is 0 Å². The highest BCUT2D eigenvalue weighted by Gasteiger charge is 2.28. The standard InChI is InChI=1S/C23H29N5O3S/c1-15-7-8-16(2)28(15)23-26-25-22(32-23)27-11-5-6-18(14-27)21(29)24-13-17-9-10-19(30-3)20(12-17)31-4/h7-10,12,18H,5-6,11,13-14H2,1-4H3,(H,24,29). The number of methoxy groups -OCH3 is 2. The number of benzene rings is 1. The van der Waals surface area contributed by atoms with Gasteiger partial charge < -0.3 is 19.7 Å². The van der Waals surface area contributed by atoms with E-state index in [1.165, 1.54) is 0 Å². The third kappa shape index (κ3) is 4.57. The van der Waals surface area contributed by atoms with E-state index in [0.29, 0.717) is 24.6 Å². The lowest BCUT2D eigenvalue weighted by atomic mass is 9.97. The molecule has 3 heterocycles. The van der Waals surface area contributed by atoms with Gasteiger partial charge in [-0.15, -0.1) is 10.2 Å². The lowest BCUT2D eigenvalue weighted by Gasteiger charge is -2.31. The Morgan fingerprint density at radius 2 is 1.81 bits per heavy atom. The summed E-state index contributed by atoms with van der Waals surface area (Å²) in [5, 5.41) is 13.6. The summed E-state index contributed by atoms with van der Waals surface area (Å²) in [5.41, 5.74) is 3.24. The summed E-state index contributed by atoms with van der Waals surface area (Å²) < 4.78 is 12.7. The molecule has 0 saturated carbocycles. The van der Waals surface area contributed by atoms with E-state index in [9.17, 15) is 4.79 Å². The summed E-state index contributed by atoms with van der Waals surface area (Å²) in [6.07, 6.45) is 1.82. The van der Waals surface area contributed by atoms with Crippen molar-refractivity contribution in [2.75, 3.05) is 32.2 Å². The molecule has 32 heavy (non-hydrogen) atoms. The van der Waals surface area contributed by atoms with Crippen LogP contribution in [-0.2, 0) is 11.3 Å². The normalized spacial score (nSPS) is 16.1. The molecule has 3 aromatic rings. The van der Waals surface area contributed by atoms with Crippen LogP contribution in [0, 0.1) is 19.8 Å². The van der Waals surface area contributed by atoms with Gasteiger partial charge in [0.15, 0.2) is 11.5 Å². The predicted molar refractivity (Wildman–Crippen MR) is 125 cm³/mol. The summed E-state index contributed by atoms with van der Waals surface area (Å²) in [7, 11) is 3.21. The van der Waals surface area contributed by atoms with Crippen molar-refractivity contribution in [1.82, 2.24) is 20.1 Å². The van der Waals surface area contributed by atoms with E-state index in [2.05, 4.69) is 51.0 Å². The highest BCUT2D eigenvalue weighted by Crippen LogP contribution is 2.30. The number of nitrogens with one attached hydrogen (secondary N) is 1. The van der Waals surface area contributed by atoms with Gasteiger partial charge in [0.05, 0.1) is 20.1 Å². The zero-order valence-electron chi connectivity index (χ0n) is 18.9. The fourth-order valence-corrected chi connectivity index (χ4v) is 5.09. The zero-order valence-corrected chi connectivity index (χ0v) is 19.7. The Kier molecular flexibility index (Phi) is 6.64. The monoisotopic (exact) mass is 455 g/mol. The molecule has 8 nitrogen and oxygen atoms in total. The third-order valence-corrected chi connectivity index (χ3v) is 6.81. The highest BCUT2D eigenvalue weighted by atomic mass is 32.1. The van der Waals surface area contributed by atoms with Crippen LogP contribution in [0.15, 0.2) is 30.3 Å². The molecule has 0 radical (unpaired) electrons. The maximum absolute atomic E-state index is 12.9. The molecule has 1 aliphatic heterocycles. The zero-order chi connectivity index (χ0) is 22.7. The summed E-state index contributed by atoms with van der Waals surface area (Å²) in [6, 6.07) is 9.83. The minimum absolute atomic E-state index is 0.0614. The van der Waals surface area contributed by atoms with Crippen molar-refractivity contribution in [2.45, 2.75) is 33.2 Å². The van der Waals surface area contributed by atoms with Crippen LogP contribution in [0.2, 0.25) is 0 Å². The Hall–Kier alpha value is -3.07. The van der Waals surface area contributed by atoms with Gasteiger partial charge in [-0.3, -0.25) is 9.36 Å². The van der Waals surface area contributed by atoms with Gasteiger partial charge in [0.25, 0.3) is 0 Å². The number of hydrogen-bond donors (Lipinski definition) is 1. The fourth-order valence-electron chi connectivity index (χ4n) is 4.09. The second-order valence-corrected chi connectivity index (χ2v) is 8.95. The highest BCUT2D eigenvalue weighted by molar-refractivity contribution is 7.17. The Morgan fingerprint density at radius 1 is 1.09 bits per heavy atom. The van der Waals surface area contributed by atoms with Crippen molar-refractivity contribution in [3.8, 4) is 16.6 Å². The number of hydrogen-bond acceptors (Lipinski definition) is 7. The Balaban J connectivity index is 1.38. The third-order valence-electron chi connectivity index (χ3n) is 5.84. The second-order valence-electron chi connectivity index (χ2n) is 8.01. The molecule has 0 aliphatic carbocycles. The minimum atomic E-state index is -0.0775. The van der Waals surface area contributed by atoms with E-state index in [0.717, 1.165) is 46.6 Å². The molecule has 1 fully saturated rings. The summed E-state index contributed by atoms with van der Waals surface area (Å²) >= 11 is 1.57. The van der Waals surface area contributed by atoms with Crippen LogP contribution in [0.1, 0.15) is 29.8 Å². The number of amides is 1. The maximum atomic E-state index is 12.9. The fraction of sp³-hybridized carbons (Fsp3) is 0.435. The largest absolute Gasteiger partial charge is 0.493 e. The first-order valence-corrected chi connectivity index (χ1v) is 11.5. The topological polar surface area (TPSA) is 81.5 Å². The van der Waals surface area contributed by atoms with E-state index in [1.807, 2.05) is 18.2 Å². The van der Waals surface area contributed by atoms with Crippen LogP contribution in [0.5, 0.6) is 11.5 Å². The minimum Gasteiger partial charge on any atom is -0.493 e. The first kappa shape index (κ1) is 22.1. The lowest BCUT2D eigenvalue weighted by molar-refractivity contribution is -0.125. The van der Waals surface area contributed by atoms with Gasteiger partial charge in [0, 0.05) is 31.0 Å². The van der Waals surface area contributed by atoms with Crippen LogP contribution in [-0.4, -0.2) is 48.0 Å². The molecule has 1 unspecified atom stereocenters. The number of piperidine rings is 1. The molecule has 2 aromatic heterocycles. The second kappa shape index (κ2) is 9.60. The van der Waals surface area contributed by atoms with E-state index in [4.69, 9.17) is 9.47 Å². The van der Waals surface area contributed by atoms with Crippen molar-refractivity contribution >= 4 is 22.4 Å². The SMILES string of the molecule is COc1ccc(CNC(=O)C2CCCN(c3nnc(-n4c(C)ccc4C)s3)C2)cc1OC. The smallest absolute Gasteiger partial charge is 0.225 e. The van der Waals surface area contributed by atoms with Crippen molar-refractivity contribution < 1.29 is 14.3 Å². The summed E-state index contributed by atoms with van der Waals surface area (Å²) in [6.45, 7) is 6.11. The molecule has 0 spiro atoms. The predicted octanol–water partition coefficient (Wildman–Crippen LogP) is 3.50. The molecule has 1 aromatic carbocycles. The molecule has 0 bridgehead atoms. The number of anilines is 1. The first-order chi connectivity index (χ1) is 15.5. The van der Waals surface area contributed by atoms with Crippen LogP contribution in [0.4, 0.5) is 5.13 Å². The van der Waals surface area contributed by atoms with Gasteiger partial charge in [0.1, 0.15) is 0 Å². The average Bonchev–Trinajstić information content (AvgIpc) is 3.43. The number of carbonyl (C=O) groups excluding carboxylic acids is 1. The molecular weight excluding hydrogens is 426 g/mol. The Labute approximate surface area is 192 Å². The van der Waals surface area contributed by atoms with Crippen molar-refractivity contribution in [3.63, 3.8) is 0 Å². The number of aromatic nitrogens is 3. The van der Waals surface area contributed by atoms with Crippen LogP contribution in [0.3, 0.4) is 0 Å².